The highest BCUT2D eigenvalue weighted by Crippen LogP contribution is 2.28. The summed E-state index contributed by atoms with van der Waals surface area (Å²) in [6.45, 7) is 2.24. The normalized spacial score (nSPS) is 12.8. The first-order valence-corrected chi connectivity index (χ1v) is 7.15. The molecule has 0 aliphatic rings. The number of nitrogens with zero attached hydrogens (tertiary/aromatic N) is 6. The van der Waals surface area contributed by atoms with Crippen LogP contribution in [0.25, 0.3) is 10.9 Å². The fourth-order valence-electron chi connectivity index (χ4n) is 2.45. The highest BCUT2D eigenvalue weighted by molar-refractivity contribution is 5.89. The summed E-state index contributed by atoms with van der Waals surface area (Å²) in [5.41, 5.74) is 0.260. The Kier molecular flexibility index (Phi) is 4.28. The second-order valence-electron chi connectivity index (χ2n) is 5.42. The summed E-state index contributed by atoms with van der Waals surface area (Å²) in [5.74, 6) is -0.507. The number of H-pyrrole nitrogens is 1. The van der Waals surface area contributed by atoms with E-state index in [2.05, 4.69) is 30.6 Å². The van der Waals surface area contributed by atoms with Crippen LogP contribution >= 0.6 is 0 Å². The monoisotopic (exact) mass is 337 g/mol. The molecule has 1 atom stereocenters. The number of anilines is 1. The van der Waals surface area contributed by atoms with Gasteiger partial charge in [-0.05, 0) is 18.2 Å². The summed E-state index contributed by atoms with van der Waals surface area (Å²) >= 11 is 0. The Morgan fingerprint density at radius 2 is 2.00 bits per heavy atom. The molecule has 0 amide bonds. The minimum absolute atomic E-state index is 0.137. The Balaban J connectivity index is 2.01. The topological polar surface area (TPSA) is 83.5 Å². The van der Waals surface area contributed by atoms with Gasteiger partial charge in [0, 0.05) is 24.9 Å². The van der Waals surface area contributed by atoms with Crippen molar-refractivity contribution in [3.63, 3.8) is 0 Å². The second kappa shape index (κ2) is 6.38. The van der Waals surface area contributed by atoms with E-state index in [0.29, 0.717) is 17.8 Å². The van der Waals surface area contributed by atoms with Crippen LogP contribution in [0.1, 0.15) is 30.9 Å². The number of fused-ring (bicyclic) bond motifs is 1. The van der Waals surface area contributed by atoms with Crippen molar-refractivity contribution in [3.8, 4) is 0 Å². The van der Waals surface area contributed by atoms with Gasteiger partial charge in [-0.25, -0.2) is 23.1 Å². The Labute approximate surface area is 134 Å². The van der Waals surface area contributed by atoms with Gasteiger partial charge in [0.15, 0.2) is 11.6 Å². The Morgan fingerprint density at radius 3 is 2.67 bits per heavy atom. The zero-order valence-electron chi connectivity index (χ0n) is 12.9. The fraction of sp³-hybridized carbons (Fsp3) is 0.357. The molecule has 1 unspecified atom stereocenters. The van der Waals surface area contributed by atoms with E-state index in [1.165, 1.54) is 18.2 Å². The van der Waals surface area contributed by atoms with Gasteiger partial charge in [0.05, 0.1) is 5.52 Å². The van der Waals surface area contributed by atoms with Crippen LogP contribution in [0.5, 0.6) is 0 Å². The molecule has 0 aliphatic carbocycles. The Hall–Kier alpha value is -2.78. The molecule has 2 aromatic heterocycles. The van der Waals surface area contributed by atoms with Crippen LogP contribution in [-0.4, -0.2) is 44.2 Å². The molecule has 0 spiro atoms. The van der Waals surface area contributed by atoms with Crippen molar-refractivity contribution in [1.82, 2.24) is 30.6 Å². The molecule has 3 aromatic rings. The molecule has 3 rings (SSSR count). The maximum atomic E-state index is 13.6. The molecule has 0 saturated carbocycles. The first-order chi connectivity index (χ1) is 11.5. The molecular weight excluding hydrogens is 323 g/mol. The van der Waals surface area contributed by atoms with Gasteiger partial charge in [-0.15, -0.1) is 10.2 Å². The third kappa shape index (κ3) is 3.12. The van der Waals surface area contributed by atoms with E-state index in [0.717, 1.165) is 0 Å². The summed E-state index contributed by atoms with van der Waals surface area (Å²) < 4.78 is 39.7. The molecule has 1 aromatic carbocycles. The van der Waals surface area contributed by atoms with Crippen molar-refractivity contribution in [1.29, 1.82) is 0 Å². The molecule has 0 radical (unpaired) electrons. The van der Waals surface area contributed by atoms with Crippen molar-refractivity contribution in [2.45, 2.75) is 19.3 Å². The average Bonchev–Trinajstić information content (AvgIpc) is 3.08. The number of alkyl halides is 2. The van der Waals surface area contributed by atoms with Gasteiger partial charge in [-0.2, -0.15) is 5.21 Å². The maximum Gasteiger partial charge on any atom is 0.297 e. The van der Waals surface area contributed by atoms with Crippen molar-refractivity contribution in [2.75, 3.05) is 18.5 Å². The molecule has 24 heavy (non-hydrogen) atoms. The first-order valence-electron chi connectivity index (χ1n) is 7.15. The van der Waals surface area contributed by atoms with E-state index >= 15 is 0 Å². The fourth-order valence-corrected chi connectivity index (χ4v) is 2.45. The van der Waals surface area contributed by atoms with Gasteiger partial charge in [0.2, 0.25) is 0 Å². The largest absolute Gasteiger partial charge is 0.358 e. The lowest BCUT2D eigenvalue weighted by atomic mass is 10.1. The predicted octanol–water partition coefficient (Wildman–Crippen LogP) is 2.46. The summed E-state index contributed by atoms with van der Waals surface area (Å²) in [5, 5.41) is 14.0. The summed E-state index contributed by atoms with van der Waals surface area (Å²) in [6.07, 6.45) is -2.82. The molecular formula is C14H14F3N7. The number of tetrazole rings is 1. The highest BCUT2D eigenvalue weighted by Gasteiger charge is 2.20. The summed E-state index contributed by atoms with van der Waals surface area (Å²) in [6, 6.07) is 3.77. The highest BCUT2D eigenvalue weighted by atomic mass is 19.3. The van der Waals surface area contributed by atoms with Crippen molar-refractivity contribution < 1.29 is 13.2 Å². The zero-order chi connectivity index (χ0) is 17.3. The van der Waals surface area contributed by atoms with Gasteiger partial charge in [0.25, 0.3) is 6.43 Å². The predicted molar refractivity (Wildman–Crippen MR) is 80.3 cm³/mol. The molecule has 0 saturated heterocycles. The smallest absolute Gasteiger partial charge is 0.297 e. The Bertz CT molecular complexity index is 838. The van der Waals surface area contributed by atoms with E-state index in [-0.39, 0.29) is 17.3 Å². The number of hydrogen-bond donors (Lipinski definition) is 1. The number of halogens is 3. The molecule has 1 N–H and O–H groups in total. The number of nitrogens with one attached hydrogen (secondary N) is 1. The van der Waals surface area contributed by atoms with Crippen molar-refractivity contribution in [2.24, 2.45) is 0 Å². The van der Waals surface area contributed by atoms with E-state index in [9.17, 15) is 13.2 Å². The van der Waals surface area contributed by atoms with Crippen molar-refractivity contribution in [3.05, 3.63) is 35.7 Å². The van der Waals surface area contributed by atoms with Crippen LogP contribution in [0, 0.1) is 5.82 Å². The zero-order valence-corrected chi connectivity index (χ0v) is 12.9. The van der Waals surface area contributed by atoms with Crippen LogP contribution in [0.3, 0.4) is 0 Å². The number of benzene rings is 1. The van der Waals surface area contributed by atoms with Crippen LogP contribution < -0.4 is 4.90 Å². The molecule has 2 heterocycles. The molecule has 0 fully saturated rings. The maximum absolute atomic E-state index is 13.6. The van der Waals surface area contributed by atoms with E-state index < -0.39 is 18.1 Å². The van der Waals surface area contributed by atoms with Gasteiger partial charge in [-0.1, -0.05) is 12.1 Å². The number of likely N-dealkylation sites (N-methyl/N-ethyl adjacent to an activating group) is 1. The lowest BCUT2D eigenvalue weighted by Crippen LogP contribution is -2.25. The van der Waals surface area contributed by atoms with E-state index in [1.54, 1.807) is 11.9 Å². The van der Waals surface area contributed by atoms with Gasteiger partial charge < -0.3 is 4.90 Å². The number of rotatable bonds is 5. The summed E-state index contributed by atoms with van der Waals surface area (Å²) in [7, 11) is 1.68. The number of aromatic amines is 1. The second-order valence-corrected chi connectivity index (χ2v) is 5.42. The molecule has 0 bridgehead atoms. The van der Waals surface area contributed by atoms with Gasteiger partial charge in [0.1, 0.15) is 11.6 Å². The third-order valence-corrected chi connectivity index (χ3v) is 3.56. The minimum atomic E-state index is -2.82. The number of aromatic nitrogens is 6. The van der Waals surface area contributed by atoms with Gasteiger partial charge in [-0.3, -0.25) is 0 Å². The molecule has 7 nitrogen and oxygen atoms in total. The summed E-state index contributed by atoms with van der Waals surface area (Å²) in [4.78, 5) is 9.35. The van der Waals surface area contributed by atoms with E-state index in [1.807, 2.05) is 6.92 Å². The molecule has 0 aliphatic heterocycles. The molecule has 10 heteroatoms. The van der Waals surface area contributed by atoms with Crippen LogP contribution in [0.15, 0.2) is 18.2 Å². The quantitative estimate of drug-likeness (QED) is 0.770. The lowest BCUT2D eigenvalue weighted by molar-refractivity contribution is 0.141. The average molecular weight is 337 g/mol. The first kappa shape index (κ1) is 16.1. The van der Waals surface area contributed by atoms with Crippen molar-refractivity contribution >= 4 is 16.7 Å². The standard InChI is InChI=1S/C14H14F3N7/c1-7(12-20-22-23-21-12)6-24(2)14-9-5-8(15)3-4-10(9)18-13(19-14)11(16)17/h3-5,7,11H,6H2,1-2H3,(H,20,21,22,23). The minimum Gasteiger partial charge on any atom is -0.358 e. The Morgan fingerprint density at radius 1 is 1.21 bits per heavy atom. The number of hydrogen-bond acceptors (Lipinski definition) is 6. The third-order valence-electron chi connectivity index (χ3n) is 3.56. The van der Waals surface area contributed by atoms with Crippen LogP contribution in [0.2, 0.25) is 0 Å². The van der Waals surface area contributed by atoms with Gasteiger partial charge >= 0.3 is 0 Å². The van der Waals surface area contributed by atoms with Crippen LogP contribution in [0.4, 0.5) is 19.0 Å². The lowest BCUT2D eigenvalue weighted by Gasteiger charge is -2.22. The van der Waals surface area contributed by atoms with E-state index in [4.69, 9.17) is 0 Å². The molecule has 126 valence electrons. The van der Waals surface area contributed by atoms with Crippen LogP contribution in [-0.2, 0) is 0 Å². The SMILES string of the molecule is CC(CN(C)c1nc(C(F)F)nc2ccc(F)cc12)c1nn[nH]n1.